The molecule has 2 aromatic rings. The van der Waals surface area contributed by atoms with Gasteiger partial charge in [-0.15, -0.1) is 0 Å². The predicted molar refractivity (Wildman–Crippen MR) is 85.3 cm³/mol. The molecule has 0 radical (unpaired) electrons. The van der Waals surface area contributed by atoms with Crippen LogP contribution in [0.2, 0.25) is 15.1 Å². The van der Waals surface area contributed by atoms with E-state index in [-0.39, 0.29) is 20.6 Å². The number of rotatable bonds is 4. The van der Waals surface area contributed by atoms with Crippen molar-refractivity contribution >= 4 is 50.5 Å². The average molecular weight is 367 g/mol. The Hall–Kier alpha value is -1.14. The zero-order valence-corrected chi connectivity index (χ0v) is 13.8. The highest BCUT2D eigenvalue weighted by Crippen LogP contribution is 2.35. The Morgan fingerprint density at radius 2 is 1.62 bits per heavy atom. The van der Waals surface area contributed by atoms with Crippen molar-refractivity contribution in [2.75, 3.05) is 11.8 Å². The number of benzene rings is 2. The van der Waals surface area contributed by atoms with Crippen molar-refractivity contribution in [1.29, 1.82) is 0 Å². The Kier molecular flexibility index (Phi) is 4.88. The van der Waals surface area contributed by atoms with Gasteiger partial charge in [-0.3, -0.25) is 4.72 Å². The van der Waals surface area contributed by atoms with Crippen molar-refractivity contribution in [3.8, 4) is 5.75 Å². The van der Waals surface area contributed by atoms with Gasteiger partial charge in [0.15, 0.2) is 0 Å². The van der Waals surface area contributed by atoms with Crippen LogP contribution in [0.15, 0.2) is 41.3 Å². The summed E-state index contributed by atoms with van der Waals surface area (Å²) in [6, 6.07) is 8.58. The highest BCUT2D eigenvalue weighted by molar-refractivity contribution is 7.92. The molecule has 0 aromatic heterocycles. The number of halogens is 3. The monoisotopic (exact) mass is 365 g/mol. The van der Waals surface area contributed by atoms with Gasteiger partial charge in [0.05, 0.1) is 27.7 Å². The summed E-state index contributed by atoms with van der Waals surface area (Å²) in [4.78, 5) is 0.0666. The van der Waals surface area contributed by atoms with E-state index in [0.29, 0.717) is 10.8 Å². The molecule has 21 heavy (non-hydrogen) atoms. The second-order valence-corrected chi connectivity index (χ2v) is 6.96. The molecule has 0 atom stereocenters. The molecule has 0 bridgehead atoms. The van der Waals surface area contributed by atoms with E-state index >= 15 is 0 Å². The van der Waals surface area contributed by atoms with E-state index in [4.69, 9.17) is 39.5 Å². The molecular weight excluding hydrogens is 357 g/mol. The molecule has 0 amide bonds. The van der Waals surface area contributed by atoms with Gasteiger partial charge in [-0.05, 0) is 30.3 Å². The molecule has 0 saturated heterocycles. The topological polar surface area (TPSA) is 55.4 Å². The second-order valence-electron chi connectivity index (χ2n) is 4.03. The molecule has 8 heteroatoms. The van der Waals surface area contributed by atoms with Crippen LogP contribution in [0.1, 0.15) is 0 Å². The molecule has 0 aliphatic carbocycles. The molecule has 1 N–H and O–H groups in total. The normalized spacial score (nSPS) is 11.2. The fourth-order valence-electron chi connectivity index (χ4n) is 1.58. The van der Waals surface area contributed by atoms with Gasteiger partial charge in [-0.1, -0.05) is 34.8 Å². The number of hydrogen-bond acceptors (Lipinski definition) is 3. The minimum atomic E-state index is -3.78. The minimum absolute atomic E-state index is 0.0666. The van der Waals surface area contributed by atoms with Crippen LogP contribution in [0.4, 0.5) is 5.69 Å². The Morgan fingerprint density at radius 1 is 1.00 bits per heavy atom. The van der Waals surface area contributed by atoms with Crippen molar-refractivity contribution in [3.05, 3.63) is 51.5 Å². The third-order valence-corrected chi connectivity index (χ3v) is 4.85. The Bertz CT molecular complexity index is 761. The molecule has 0 aliphatic heterocycles. The maximum absolute atomic E-state index is 12.3. The maximum atomic E-state index is 12.3. The number of sulfonamides is 1. The summed E-state index contributed by atoms with van der Waals surface area (Å²) >= 11 is 17.6. The van der Waals surface area contributed by atoms with Crippen LogP contribution in [-0.2, 0) is 10.0 Å². The van der Waals surface area contributed by atoms with E-state index in [9.17, 15) is 8.42 Å². The maximum Gasteiger partial charge on any atom is 0.261 e. The molecule has 112 valence electrons. The van der Waals surface area contributed by atoms with Crippen LogP contribution in [0.5, 0.6) is 5.75 Å². The number of nitrogens with one attached hydrogen (secondary N) is 1. The highest BCUT2D eigenvalue weighted by Gasteiger charge is 2.17. The van der Waals surface area contributed by atoms with Gasteiger partial charge in [0.25, 0.3) is 10.0 Å². The second kappa shape index (κ2) is 6.32. The lowest BCUT2D eigenvalue weighted by Gasteiger charge is -2.12. The molecule has 2 rings (SSSR count). The fourth-order valence-corrected chi connectivity index (χ4v) is 3.34. The lowest BCUT2D eigenvalue weighted by atomic mass is 10.3. The molecule has 0 aliphatic rings. The third kappa shape index (κ3) is 3.74. The number of ether oxygens (including phenoxy) is 1. The van der Waals surface area contributed by atoms with Crippen molar-refractivity contribution in [2.45, 2.75) is 4.90 Å². The van der Waals surface area contributed by atoms with Gasteiger partial charge >= 0.3 is 0 Å². The molecule has 0 heterocycles. The van der Waals surface area contributed by atoms with Crippen LogP contribution in [0, 0.1) is 0 Å². The van der Waals surface area contributed by atoms with E-state index in [2.05, 4.69) is 4.72 Å². The van der Waals surface area contributed by atoms with Gasteiger partial charge in [-0.25, -0.2) is 8.42 Å². The lowest BCUT2D eigenvalue weighted by molar-refractivity contribution is 0.415. The van der Waals surface area contributed by atoms with Gasteiger partial charge < -0.3 is 4.74 Å². The van der Waals surface area contributed by atoms with Crippen molar-refractivity contribution < 1.29 is 13.2 Å². The Balaban J connectivity index is 2.39. The molecule has 4 nitrogen and oxygen atoms in total. The summed E-state index contributed by atoms with van der Waals surface area (Å²) in [5.41, 5.74) is 0.174. The van der Waals surface area contributed by atoms with E-state index in [1.165, 1.54) is 43.5 Å². The first-order chi connectivity index (χ1) is 9.83. The van der Waals surface area contributed by atoms with Gasteiger partial charge in [-0.2, -0.15) is 0 Å². The molecule has 0 spiro atoms. The van der Waals surface area contributed by atoms with Crippen LogP contribution >= 0.6 is 34.8 Å². The first-order valence-corrected chi connectivity index (χ1v) is 8.26. The number of anilines is 1. The fraction of sp³-hybridized carbons (Fsp3) is 0.0769. The van der Waals surface area contributed by atoms with E-state index < -0.39 is 10.0 Å². The predicted octanol–water partition coefficient (Wildman–Crippen LogP) is 4.46. The molecule has 0 fully saturated rings. The summed E-state index contributed by atoms with van der Waals surface area (Å²) in [5.74, 6) is 0.315. The standard InChI is InChI=1S/C13H10Cl3NO3S/c1-20-13-7-12(10(15)6-11(13)16)17-21(18,19)9-4-2-8(14)3-5-9/h2-7,17H,1H3. The average Bonchev–Trinajstić information content (AvgIpc) is 2.42. The number of hydrogen-bond donors (Lipinski definition) is 1. The summed E-state index contributed by atoms with van der Waals surface area (Å²) < 4.78 is 31.9. The van der Waals surface area contributed by atoms with E-state index in [1.54, 1.807) is 0 Å². The Labute approximate surface area is 137 Å². The van der Waals surface area contributed by atoms with Gasteiger partial charge in [0, 0.05) is 11.1 Å². The van der Waals surface area contributed by atoms with E-state index in [1.807, 2.05) is 0 Å². The van der Waals surface area contributed by atoms with Crippen molar-refractivity contribution in [2.24, 2.45) is 0 Å². The first-order valence-electron chi connectivity index (χ1n) is 5.65. The smallest absolute Gasteiger partial charge is 0.261 e. The molecule has 2 aromatic carbocycles. The highest BCUT2D eigenvalue weighted by atomic mass is 35.5. The quantitative estimate of drug-likeness (QED) is 0.869. The molecule has 0 saturated carbocycles. The lowest BCUT2D eigenvalue weighted by Crippen LogP contribution is -2.13. The van der Waals surface area contributed by atoms with Crippen LogP contribution in [-0.4, -0.2) is 15.5 Å². The summed E-state index contributed by atoms with van der Waals surface area (Å²) in [7, 11) is -2.36. The zero-order chi connectivity index (χ0) is 15.6. The molecular formula is C13H10Cl3NO3S. The van der Waals surface area contributed by atoms with Crippen LogP contribution in [0.3, 0.4) is 0 Å². The van der Waals surface area contributed by atoms with E-state index in [0.717, 1.165) is 0 Å². The van der Waals surface area contributed by atoms with Crippen LogP contribution < -0.4 is 9.46 Å². The van der Waals surface area contributed by atoms with Gasteiger partial charge in [0.1, 0.15) is 5.75 Å². The number of methoxy groups -OCH3 is 1. The van der Waals surface area contributed by atoms with Crippen molar-refractivity contribution in [1.82, 2.24) is 0 Å². The summed E-state index contributed by atoms with van der Waals surface area (Å²) in [6.07, 6.45) is 0. The Morgan fingerprint density at radius 3 is 2.19 bits per heavy atom. The first kappa shape index (κ1) is 16.2. The van der Waals surface area contributed by atoms with Crippen molar-refractivity contribution in [3.63, 3.8) is 0 Å². The third-order valence-electron chi connectivity index (χ3n) is 2.61. The zero-order valence-electron chi connectivity index (χ0n) is 10.7. The summed E-state index contributed by atoms with van der Waals surface area (Å²) in [5, 5.41) is 0.899. The van der Waals surface area contributed by atoms with Gasteiger partial charge in [0.2, 0.25) is 0 Å². The SMILES string of the molecule is COc1cc(NS(=O)(=O)c2ccc(Cl)cc2)c(Cl)cc1Cl. The van der Waals surface area contributed by atoms with Crippen LogP contribution in [0.25, 0.3) is 0 Å². The molecule has 0 unspecified atom stereocenters. The summed E-state index contributed by atoms with van der Waals surface area (Å²) in [6.45, 7) is 0. The largest absolute Gasteiger partial charge is 0.495 e. The minimum Gasteiger partial charge on any atom is -0.495 e.